The summed E-state index contributed by atoms with van der Waals surface area (Å²) in [4.78, 5) is 13.7. The first-order chi connectivity index (χ1) is 7.67. The topological polar surface area (TPSA) is 41.6 Å². The molecule has 0 amide bonds. The highest BCUT2D eigenvalue weighted by molar-refractivity contribution is 5.72. The number of hydrogen-bond donors (Lipinski definition) is 1. The maximum Gasteiger partial charge on any atom is 0.309 e. The highest BCUT2D eigenvalue weighted by atomic mass is 16.5. The van der Waals surface area contributed by atoms with Crippen molar-refractivity contribution >= 4 is 5.97 Å². The number of hydrogen-bond acceptors (Lipinski definition) is 4. The van der Waals surface area contributed by atoms with Gasteiger partial charge in [-0.1, -0.05) is 6.92 Å². The molecule has 0 saturated carbocycles. The Morgan fingerprint density at radius 2 is 2.38 bits per heavy atom. The Hall–Kier alpha value is -0.610. The number of piperidine rings is 1. The zero-order valence-electron chi connectivity index (χ0n) is 10.7. The van der Waals surface area contributed by atoms with Gasteiger partial charge in [-0.25, -0.2) is 0 Å². The second kappa shape index (κ2) is 6.86. The van der Waals surface area contributed by atoms with Crippen molar-refractivity contribution in [3.63, 3.8) is 0 Å². The molecule has 1 saturated heterocycles. The van der Waals surface area contributed by atoms with E-state index >= 15 is 0 Å². The zero-order chi connectivity index (χ0) is 12.0. The number of carbonyl (C=O) groups excluding carboxylic acids is 1. The van der Waals surface area contributed by atoms with Gasteiger partial charge in [-0.2, -0.15) is 0 Å². The minimum Gasteiger partial charge on any atom is -0.469 e. The van der Waals surface area contributed by atoms with Gasteiger partial charge in [-0.3, -0.25) is 4.79 Å². The van der Waals surface area contributed by atoms with Crippen LogP contribution in [0, 0.1) is 11.8 Å². The van der Waals surface area contributed by atoms with Crippen LogP contribution in [0.25, 0.3) is 0 Å². The molecule has 94 valence electrons. The molecule has 0 bridgehead atoms. The Bertz CT molecular complexity index is 219. The summed E-state index contributed by atoms with van der Waals surface area (Å²) in [6.45, 7) is 6.05. The molecule has 1 aliphatic rings. The number of carbonyl (C=O) groups is 1. The molecule has 4 nitrogen and oxygen atoms in total. The third kappa shape index (κ3) is 4.10. The predicted molar refractivity (Wildman–Crippen MR) is 64.3 cm³/mol. The SMILES string of the molecule is CNCC1CCCN(CC(C)C(=O)OC)C1. The molecule has 16 heavy (non-hydrogen) atoms. The first-order valence-corrected chi connectivity index (χ1v) is 6.12. The summed E-state index contributed by atoms with van der Waals surface area (Å²) < 4.78 is 4.75. The average Bonchev–Trinajstić information content (AvgIpc) is 2.29. The van der Waals surface area contributed by atoms with E-state index in [2.05, 4.69) is 10.2 Å². The molecular formula is C12H24N2O2. The van der Waals surface area contributed by atoms with Crippen LogP contribution in [0.1, 0.15) is 19.8 Å². The molecule has 1 heterocycles. The van der Waals surface area contributed by atoms with E-state index in [9.17, 15) is 4.79 Å². The van der Waals surface area contributed by atoms with E-state index in [-0.39, 0.29) is 11.9 Å². The van der Waals surface area contributed by atoms with Gasteiger partial charge in [0.2, 0.25) is 0 Å². The molecule has 4 heteroatoms. The van der Waals surface area contributed by atoms with Crippen molar-refractivity contribution in [3.05, 3.63) is 0 Å². The summed E-state index contributed by atoms with van der Waals surface area (Å²) in [6.07, 6.45) is 2.53. The van der Waals surface area contributed by atoms with Crippen molar-refractivity contribution in [2.75, 3.05) is 40.3 Å². The molecule has 1 aliphatic heterocycles. The van der Waals surface area contributed by atoms with Crippen LogP contribution in [0.15, 0.2) is 0 Å². The van der Waals surface area contributed by atoms with Crippen LogP contribution in [0.3, 0.4) is 0 Å². The van der Waals surface area contributed by atoms with Crippen molar-refractivity contribution in [1.29, 1.82) is 0 Å². The molecule has 0 radical (unpaired) electrons. The van der Waals surface area contributed by atoms with Gasteiger partial charge in [-0.05, 0) is 38.9 Å². The molecule has 0 aromatic rings. The zero-order valence-corrected chi connectivity index (χ0v) is 10.7. The van der Waals surface area contributed by atoms with E-state index in [1.54, 1.807) is 0 Å². The summed E-state index contributed by atoms with van der Waals surface area (Å²) in [5.74, 6) is 0.609. The minimum atomic E-state index is -0.101. The molecule has 1 fully saturated rings. The maximum absolute atomic E-state index is 11.3. The van der Waals surface area contributed by atoms with Crippen LogP contribution in [0.4, 0.5) is 0 Å². The lowest BCUT2D eigenvalue weighted by Crippen LogP contribution is -2.42. The van der Waals surface area contributed by atoms with Crippen LogP contribution in [-0.2, 0) is 9.53 Å². The number of nitrogens with zero attached hydrogens (tertiary/aromatic N) is 1. The molecular weight excluding hydrogens is 204 g/mol. The lowest BCUT2D eigenvalue weighted by atomic mass is 9.97. The predicted octanol–water partition coefficient (Wildman–Crippen LogP) is 0.727. The first kappa shape index (κ1) is 13.5. The Labute approximate surface area is 98.3 Å². The average molecular weight is 228 g/mol. The van der Waals surface area contributed by atoms with Crippen LogP contribution in [-0.4, -0.2) is 51.2 Å². The minimum absolute atomic E-state index is 0.0154. The van der Waals surface area contributed by atoms with Gasteiger partial charge in [0.05, 0.1) is 13.0 Å². The Morgan fingerprint density at radius 3 is 3.00 bits per heavy atom. The largest absolute Gasteiger partial charge is 0.469 e. The van der Waals surface area contributed by atoms with Gasteiger partial charge in [0.15, 0.2) is 0 Å². The highest BCUT2D eigenvalue weighted by Gasteiger charge is 2.23. The summed E-state index contributed by atoms with van der Waals surface area (Å²) >= 11 is 0. The number of methoxy groups -OCH3 is 1. The Balaban J connectivity index is 2.33. The molecule has 0 aromatic carbocycles. The normalized spacial score (nSPS) is 24.1. The fourth-order valence-corrected chi connectivity index (χ4v) is 2.44. The summed E-state index contributed by atoms with van der Waals surface area (Å²) in [7, 11) is 3.45. The van der Waals surface area contributed by atoms with Gasteiger partial charge in [-0.15, -0.1) is 0 Å². The number of nitrogens with one attached hydrogen (secondary N) is 1. The molecule has 0 aromatic heterocycles. The number of ether oxygens (including phenoxy) is 1. The Kier molecular flexibility index (Phi) is 5.77. The van der Waals surface area contributed by atoms with E-state index in [1.165, 1.54) is 20.0 Å². The summed E-state index contributed by atoms with van der Waals surface area (Å²) in [6, 6.07) is 0. The van der Waals surface area contributed by atoms with E-state index in [0.717, 1.165) is 32.1 Å². The monoisotopic (exact) mass is 228 g/mol. The fraction of sp³-hybridized carbons (Fsp3) is 0.917. The second-order valence-corrected chi connectivity index (χ2v) is 4.75. The van der Waals surface area contributed by atoms with Crippen molar-refractivity contribution in [2.45, 2.75) is 19.8 Å². The van der Waals surface area contributed by atoms with Gasteiger partial charge >= 0.3 is 5.97 Å². The van der Waals surface area contributed by atoms with E-state index in [4.69, 9.17) is 4.74 Å². The van der Waals surface area contributed by atoms with Crippen LogP contribution in [0.5, 0.6) is 0 Å². The lowest BCUT2D eigenvalue weighted by Gasteiger charge is -2.33. The van der Waals surface area contributed by atoms with Gasteiger partial charge in [0.1, 0.15) is 0 Å². The van der Waals surface area contributed by atoms with Crippen LogP contribution >= 0.6 is 0 Å². The summed E-state index contributed by atoms with van der Waals surface area (Å²) in [5.41, 5.74) is 0. The van der Waals surface area contributed by atoms with Crippen LogP contribution in [0.2, 0.25) is 0 Å². The standard InChI is InChI=1S/C12H24N2O2/c1-10(12(15)16-3)8-14-6-4-5-11(9-14)7-13-2/h10-11,13H,4-9H2,1-3H3. The molecule has 1 rings (SSSR count). The van der Waals surface area contributed by atoms with Crippen molar-refractivity contribution in [1.82, 2.24) is 10.2 Å². The number of rotatable bonds is 5. The number of likely N-dealkylation sites (tertiary alicyclic amines) is 1. The van der Waals surface area contributed by atoms with Gasteiger partial charge in [0.25, 0.3) is 0 Å². The summed E-state index contributed by atoms with van der Waals surface area (Å²) in [5, 5.41) is 3.23. The highest BCUT2D eigenvalue weighted by Crippen LogP contribution is 2.17. The van der Waals surface area contributed by atoms with Crippen molar-refractivity contribution in [3.8, 4) is 0 Å². The fourth-order valence-electron chi connectivity index (χ4n) is 2.44. The third-order valence-corrected chi connectivity index (χ3v) is 3.23. The Morgan fingerprint density at radius 1 is 1.62 bits per heavy atom. The number of esters is 1. The molecule has 0 aliphatic carbocycles. The van der Waals surface area contributed by atoms with E-state index in [1.807, 2.05) is 14.0 Å². The van der Waals surface area contributed by atoms with Gasteiger partial charge < -0.3 is 15.0 Å². The lowest BCUT2D eigenvalue weighted by molar-refractivity contribution is -0.145. The third-order valence-electron chi connectivity index (χ3n) is 3.23. The van der Waals surface area contributed by atoms with E-state index < -0.39 is 0 Å². The van der Waals surface area contributed by atoms with E-state index in [0.29, 0.717) is 0 Å². The van der Waals surface area contributed by atoms with Gasteiger partial charge in [0, 0.05) is 13.1 Å². The van der Waals surface area contributed by atoms with Crippen molar-refractivity contribution < 1.29 is 9.53 Å². The first-order valence-electron chi connectivity index (χ1n) is 6.12. The molecule has 0 spiro atoms. The van der Waals surface area contributed by atoms with Crippen LogP contribution < -0.4 is 5.32 Å². The maximum atomic E-state index is 11.3. The molecule has 1 N–H and O–H groups in total. The van der Waals surface area contributed by atoms with Crippen molar-refractivity contribution in [2.24, 2.45) is 11.8 Å². The molecule has 2 atom stereocenters. The second-order valence-electron chi connectivity index (χ2n) is 4.75. The quantitative estimate of drug-likeness (QED) is 0.704. The molecule has 2 unspecified atom stereocenters. The smallest absolute Gasteiger partial charge is 0.309 e.